The maximum Gasteiger partial charge on any atom is 0.120 e. The standard InChI is InChI=1S/C8H12O/c1-6-4-5-7(2)8(6)9-3/h1,4-5H2,2-3H3. The molecule has 0 aromatic heterocycles. The highest BCUT2D eigenvalue weighted by Crippen LogP contribution is 2.29. The van der Waals surface area contributed by atoms with Crippen molar-refractivity contribution in [1.82, 2.24) is 0 Å². The molecule has 0 aromatic carbocycles. The van der Waals surface area contributed by atoms with Crippen LogP contribution in [-0.2, 0) is 4.74 Å². The second-order valence-electron chi connectivity index (χ2n) is 2.42. The van der Waals surface area contributed by atoms with Crippen LogP contribution in [0.25, 0.3) is 0 Å². The fourth-order valence-electron chi connectivity index (χ4n) is 1.19. The smallest absolute Gasteiger partial charge is 0.120 e. The van der Waals surface area contributed by atoms with E-state index in [-0.39, 0.29) is 0 Å². The number of hydrogen-bond donors (Lipinski definition) is 0. The summed E-state index contributed by atoms with van der Waals surface area (Å²) in [6.07, 6.45) is 2.21. The maximum atomic E-state index is 5.12. The van der Waals surface area contributed by atoms with Gasteiger partial charge in [0.15, 0.2) is 0 Å². The molecule has 0 fully saturated rings. The van der Waals surface area contributed by atoms with Gasteiger partial charge in [-0.2, -0.15) is 0 Å². The SMILES string of the molecule is C=C1CCC(C)=C1OC. The van der Waals surface area contributed by atoms with E-state index in [1.165, 1.54) is 5.57 Å². The van der Waals surface area contributed by atoms with Gasteiger partial charge in [-0.1, -0.05) is 6.58 Å². The molecular weight excluding hydrogens is 112 g/mol. The normalized spacial score (nSPS) is 19.1. The van der Waals surface area contributed by atoms with Crippen LogP contribution in [0, 0.1) is 0 Å². The van der Waals surface area contributed by atoms with Crippen LogP contribution >= 0.6 is 0 Å². The molecule has 0 amide bonds. The zero-order chi connectivity index (χ0) is 6.85. The summed E-state index contributed by atoms with van der Waals surface area (Å²) in [5, 5.41) is 0. The third-order valence-corrected chi connectivity index (χ3v) is 1.71. The lowest BCUT2D eigenvalue weighted by atomic mass is 10.2. The summed E-state index contributed by atoms with van der Waals surface area (Å²) in [4.78, 5) is 0. The zero-order valence-electron chi connectivity index (χ0n) is 6.03. The molecule has 0 heterocycles. The third kappa shape index (κ3) is 0.995. The van der Waals surface area contributed by atoms with Gasteiger partial charge in [0.2, 0.25) is 0 Å². The molecule has 1 nitrogen and oxygen atoms in total. The van der Waals surface area contributed by atoms with Crippen LogP contribution in [0.1, 0.15) is 19.8 Å². The Morgan fingerprint density at radius 2 is 2.11 bits per heavy atom. The summed E-state index contributed by atoms with van der Waals surface area (Å²) in [5.74, 6) is 1.02. The molecule has 1 aliphatic rings. The van der Waals surface area contributed by atoms with Crippen molar-refractivity contribution in [3.63, 3.8) is 0 Å². The quantitative estimate of drug-likeness (QED) is 0.521. The highest BCUT2D eigenvalue weighted by atomic mass is 16.5. The van der Waals surface area contributed by atoms with Gasteiger partial charge >= 0.3 is 0 Å². The molecule has 1 rings (SSSR count). The molecule has 1 aliphatic carbocycles. The second-order valence-corrected chi connectivity index (χ2v) is 2.42. The van der Waals surface area contributed by atoms with Crippen molar-refractivity contribution in [3.8, 4) is 0 Å². The fourth-order valence-corrected chi connectivity index (χ4v) is 1.19. The topological polar surface area (TPSA) is 9.23 Å². The van der Waals surface area contributed by atoms with Gasteiger partial charge in [-0.3, -0.25) is 0 Å². The molecule has 0 unspecified atom stereocenters. The first kappa shape index (κ1) is 6.40. The van der Waals surface area contributed by atoms with Crippen LogP contribution in [0.4, 0.5) is 0 Å². The largest absolute Gasteiger partial charge is 0.497 e. The first-order valence-corrected chi connectivity index (χ1v) is 3.17. The first-order chi connectivity index (χ1) is 4.25. The van der Waals surface area contributed by atoms with Crippen LogP contribution < -0.4 is 0 Å². The zero-order valence-corrected chi connectivity index (χ0v) is 6.03. The van der Waals surface area contributed by atoms with Gasteiger partial charge in [-0.25, -0.2) is 0 Å². The van der Waals surface area contributed by atoms with Crippen LogP contribution in [0.15, 0.2) is 23.5 Å². The van der Waals surface area contributed by atoms with E-state index in [9.17, 15) is 0 Å². The Morgan fingerprint density at radius 3 is 2.33 bits per heavy atom. The third-order valence-electron chi connectivity index (χ3n) is 1.71. The van der Waals surface area contributed by atoms with E-state index < -0.39 is 0 Å². The maximum absolute atomic E-state index is 5.12. The van der Waals surface area contributed by atoms with Gasteiger partial charge in [0.1, 0.15) is 5.76 Å². The fraction of sp³-hybridized carbons (Fsp3) is 0.500. The second kappa shape index (κ2) is 2.26. The number of rotatable bonds is 1. The lowest BCUT2D eigenvalue weighted by Crippen LogP contribution is -1.84. The minimum absolute atomic E-state index is 1.02. The minimum Gasteiger partial charge on any atom is -0.497 e. The highest BCUT2D eigenvalue weighted by Gasteiger charge is 2.14. The van der Waals surface area contributed by atoms with Gasteiger partial charge in [0.25, 0.3) is 0 Å². The predicted molar refractivity (Wildman–Crippen MR) is 38.1 cm³/mol. The highest BCUT2D eigenvalue weighted by molar-refractivity contribution is 5.33. The van der Waals surface area contributed by atoms with Gasteiger partial charge in [-0.15, -0.1) is 0 Å². The van der Waals surface area contributed by atoms with E-state index in [2.05, 4.69) is 13.5 Å². The van der Waals surface area contributed by atoms with Crippen molar-refractivity contribution in [1.29, 1.82) is 0 Å². The molecule has 0 saturated heterocycles. The predicted octanol–water partition coefficient (Wildman–Crippen LogP) is 2.26. The molecule has 9 heavy (non-hydrogen) atoms. The van der Waals surface area contributed by atoms with Crippen LogP contribution in [0.5, 0.6) is 0 Å². The van der Waals surface area contributed by atoms with E-state index in [0.717, 1.165) is 24.2 Å². The lowest BCUT2D eigenvalue weighted by molar-refractivity contribution is 0.300. The summed E-state index contributed by atoms with van der Waals surface area (Å²) in [7, 11) is 1.70. The number of methoxy groups -OCH3 is 1. The van der Waals surface area contributed by atoms with Crippen molar-refractivity contribution in [2.45, 2.75) is 19.8 Å². The Morgan fingerprint density at radius 1 is 1.44 bits per heavy atom. The molecule has 0 spiro atoms. The van der Waals surface area contributed by atoms with Gasteiger partial charge < -0.3 is 4.74 Å². The molecule has 1 heteroatoms. The van der Waals surface area contributed by atoms with Gasteiger partial charge in [-0.05, 0) is 30.9 Å². The summed E-state index contributed by atoms with van der Waals surface area (Å²) in [5.41, 5.74) is 2.48. The van der Waals surface area contributed by atoms with E-state index in [0.29, 0.717) is 0 Å². The van der Waals surface area contributed by atoms with Crippen molar-refractivity contribution in [3.05, 3.63) is 23.5 Å². The summed E-state index contributed by atoms with van der Waals surface area (Å²) < 4.78 is 5.12. The molecule has 0 saturated carbocycles. The Hall–Kier alpha value is -0.720. The van der Waals surface area contributed by atoms with Crippen molar-refractivity contribution < 1.29 is 4.74 Å². The van der Waals surface area contributed by atoms with Gasteiger partial charge in [0, 0.05) is 0 Å². The number of allylic oxidation sites excluding steroid dienone is 2. The van der Waals surface area contributed by atoms with Crippen LogP contribution in [0.3, 0.4) is 0 Å². The summed E-state index contributed by atoms with van der Waals surface area (Å²) in [6, 6.07) is 0. The summed E-state index contributed by atoms with van der Waals surface area (Å²) in [6.45, 7) is 5.97. The molecule has 50 valence electrons. The van der Waals surface area contributed by atoms with Crippen molar-refractivity contribution in [2.75, 3.05) is 7.11 Å². The molecule has 0 aliphatic heterocycles. The Kier molecular flexibility index (Phi) is 1.60. The Balaban J connectivity index is 2.82. The van der Waals surface area contributed by atoms with E-state index >= 15 is 0 Å². The molecule has 0 radical (unpaired) electrons. The van der Waals surface area contributed by atoms with E-state index in [4.69, 9.17) is 4.74 Å². The molecule has 0 aromatic rings. The first-order valence-electron chi connectivity index (χ1n) is 3.17. The molecular formula is C8H12O. The average Bonchev–Trinajstić information content (AvgIpc) is 2.12. The van der Waals surface area contributed by atoms with Gasteiger partial charge in [0.05, 0.1) is 7.11 Å². The van der Waals surface area contributed by atoms with Crippen molar-refractivity contribution in [2.24, 2.45) is 0 Å². The number of hydrogen-bond acceptors (Lipinski definition) is 1. The lowest BCUT2D eigenvalue weighted by Gasteiger charge is -2.01. The van der Waals surface area contributed by atoms with Crippen LogP contribution in [-0.4, -0.2) is 7.11 Å². The Bertz CT molecular complexity index is 165. The summed E-state index contributed by atoms with van der Waals surface area (Å²) >= 11 is 0. The minimum atomic E-state index is 1.02. The van der Waals surface area contributed by atoms with Crippen LogP contribution in [0.2, 0.25) is 0 Å². The van der Waals surface area contributed by atoms with E-state index in [1.807, 2.05) is 0 Å². The number of ether oxygens (including phenoxy) is 1. The monoisotopic (exact) mass is 124 g/mol. The van der Waals surface area contributed by atoms with E-state index in [1.54, 1.807) is 7.11 Å². The molecule has 0 bridgehead atoms. The molecule has 0 N–H and O–H groups in total. The Labute approximate surface area is 56.0 Å². The molecule has 0 atom stereocenters. The average molecular weight is 124 g/mol. The van der Waals surface area contributed by atoms with Crippen molar-refractivity contribution >= 4 is 0 Å².